The predicted octanol–water partition coefficient (Wildman–Crippen LogP) is 1.46. The smallest absolute Gasteiger partial charge is 0.310 e. The minimum Gasteiger partial charge on any atom is -0.469 e. The first-order valence-corrected chi connectivity index (χ1v) is 7.52. The van der Waals surface area contributed by atoms with Crippen LogP contribution in [0, 0.1) is 5.92 Å². The summed E-state index contributed by atoms with van der Waals surface area (Å²) >= 11 is 3.42. The molecule has 1 aliphatic heterocycles. The average molecular weight is 354 g/mol. The van der Waals surface area contributed by atoms with Crippen molar-refractivity contribution in [1.29, 1.82) is 0 Å². The van der Waals surface area contributed by atoms with Crippen LogP contribution in [-0.2, 0) is 9.53 Å². The molecule has 2 aromatic rings. The Labute approximate surface area is 130 Å². The molecule has 2 N–H and O–H groups in total. The van der Waals surface area contributed by atoms with Gasteiger partial charge in [-0.1, -0.05) is 0 Å². The second-order valence-corrected chi connectivity index (χ2v) is 5.79. The Hall–Kier alpha value is -1.83. The van der Waals surface area contributed by atoms with Gasteiger partial charge >= 0.3 is 5.97 Å². The molecule has 0 spiro atoms. The summed E-state index contributed by atoms with van der Waals surface area (Å²) in [6.07, 6.45) is 5.23. The van der Waals surface area contributed by atoms with Crippen LogP contribution in [0.1, 0.15) is 12.8 Å². The van der Waals surface area contributed by atoms with Crippen molar-refractivity contribution in [2.45, 2.75) is 12.8 Å². The van der Waals surface area contributed by atoms with Crippen molar-refractivity contribution < 1.29 is 9.53 Å². The maximum absolute atomic E-state index is 11.8. The highest BCUT2D eigenvalue weighted by Gasteiger charge is 2.29. The number of fused-ring (bicyclic) bond motifs is 1. The summed E-state index contributed by atoms with van der Waals surface area (Å²) in [6.45, 7) is 1.45. The number of aromatic nitrogens is 3. The number of nitrogens with two attached hydrogens (primary N) is 1. The van der Waals surface area contributed by atoms with Crippen LogP contribution in [0.2, 0.25) is 0 Å². The number of methoxy groups -OCH3 is 1. The zero-order valence-electron chi connectivity index (χ0n) is 11.6. The van der Waals surface area contributed by atoms with E-state index < -0.39 is 0 Å². The number of anilines is 2. The van der Waals surface area contributed by atoms with Gasteiger partial charge in [-0.15, -0.1) is 0 Å². The molecular weight excluding hydrogens is 338 g/mol. The lowest BCUT2D eigenvalue weighted by atomic mass is 9.98. The van der Waals surface area contributed by atoms with E-state index in [1.54, 1.807) is 6.20 Å². The Balaban J connectivity index is 1.97. The Bertz CT molecular complexity index is 686. The summed E-state index contributed by atoms with van der Waals surface area (Å²) in [5.74, 6) is 0.902. The number of nitrogen functional groups attached to an aromatic ring is 1. The average Bonchev–Trinajstić information content (AvgIpc) is 2.85. The number of nitrogens with zero attached hydrogens (tertiary/aromatic N) is 4. The Morgan fingerprint density at radius 1 is 1.57 bits per heavy atom. The van der Waals surface area contributed by atoms with E-state index in [9.17, 15) is 4.79 Å². The number of hydrogen-bond acceptors (Lipinski definition) is 6. The zero-order valence-corrected chi connectivity index (χ0v) is 13.2. The molecule has 1 unspecified atom stereocenters. The number of ether oxygens (including phenoxy) is 1. The van der Waals surface area contributed by atoms with Gasteiger partial charge in [-0.25, -0.2) is 9.97 Å². The molecule has 0 bridgehead atoms. The normalized spacial score (nSPS) is 19.0. The lowest BCUT2D eigenvalue weighted by molar-refractivity contribution is -0.145. The SMILES string of the molecule is COC(=O)C1CCCN(c2nc(Br)c3c(N)nccn23)C1. The Morgan fingerprint density at radius 3 is 3.14 bits per heavy atom. The van der Waals surface area contributed by atoms with Gasteiger partial charge in [0.15, 0.2) is 5.82 Å². The minimum atomic E-state index is -0.166. The molecule has 1 saturated heterocycles. The molecule has 2 aromatic heterocycles. The van der Waals surface area contributed by atoms with E-state index in [1.165, 1.54) is 7.11 Å². The van der Waals surface area contributed by atoms with E-state index in [0.717, 1.165) is 30.9 Å². The quantitative estimate of drug-likeness (QED) is 0.822. The lowest BCUT2D eigenvalue weighted by Gasteiger charge is -2.31. The van der Waals surface area contributed by atoms with Gasteiger partial charge in [0.25, 0.3) is 0 Å². The fourth-order valence-corrected chi connectivity index (χ4v) is 3.30. The molecule has 3 rings (SSSR count). The summed E-state index contributed by atoms with van der Waals surface area (Å²) in [6, 6.07) is 0. The maximum Gasteiger partial charge on any atom is 0.310 e. The van der Waals surface area contributed by atoms with E-state index in [4.69, 9.17) is 10.5 Å². The third-order valence-electron chi connectivity index (χ3n) is 3.76. The van der Waals surface area contributed by atoms with Gasteiger partial charge in [0.2, 0.25) is 5.95 Å². The number of hydrogen-bond donors (Lipinski definition) is 1. The first-order chi connectivity index (χ1) is 10.1. The highest BCUT2D eigenvalue weighted by atomic mass is 79.9. The molecule has 1 fully saturated rings. The monoisotopic (exact) mass is 353 g/mol. The minimum absolute atomic E-state index is 0.117. The van der Waals surface area contributed by atoms with Crippen LogP contribution >= 0.6 is 15.9 Å². The van der Waals surface area contributed by atoms with Gasteiger partial charge < -0.3 is 15.4 Å². The molecule has 3 heterocycles. The molecule has 0 aromatic carbocycles. The van der Waals surface area contributed by atoms with Crippen molar-refractivity contribution in [3.63, 3.8) is 0 Å². The van der Waals surface area contributed by atoms with Crippen LogP contribution < -0.4 is 10.6 Å². The molecule has 0 amide bonds. The summed E-state index contributed by atoms with van der Waals surface area (Å²) in [5, 5.41) is 0. The standard InChI is InChI=1S/C13H16BrN5O2/c1-21-12(20)8-3-2-5-18(7-8)13-17-10(14)9-11(15)16-4-6-19(9)13/h4,6,8H,2-3,5,7H2,1H3,(H2,15,16). The summed E-state index contributed by atoms with van der Waals surface area (Å²) in [5.41, 5.74) is 6.65. The third-order valence-corrected chi connectivity index (χ3v) is 4.31. The van der Waals surface area contributed by atoms with Crippen molar-refractivity contribution in [2.75, 3.05) is 30.8 Å². The Morgan fingerprint density at radius 2 is 2.38 bits per heavy atom. The fraction of sp³-hybridized carbons (Fsp3) is 0.462. The number of halogens is 1. The van der Waals surface area contributed by atoms with E-state index >= 15 is 0 Å². The number of piperidine rings is 1. The largest absolute Gasteiger partial charge is 0.469 e. The van der Waals surface area contributed by atoms with Crippen LogP contribution in [0.4, 0.5) is 11.8 Å². The third kappa shape index (κ3) is 2.44. The highest BCUT2D eigenvalue weighted by molar-refractivity contribution is 9.10. The second kappa shape index (κ2) is 5.51. The molecule has 1 atom stereocenters. The fourth-order valence-electron chi connectivity index (χ4n) is 2.75. The number of carbonyl (C=O) groups excluding carboxylic acids is 1. The van der Waals surface area contributed by atoms with Crippen molar-refractivity contribution >= 4 is 39.2 Å². The van der Waals surface area contributed by atoms with Crippen molar-refractivity contribution in [2.24, 2.45) is 5.92 Å². The zero-order chi connectivity index (χ0) is 15.0. The predicted molar refractivity (Wildman–Crippen MR) is 82.1 cm³/mol. The van der Waals surface area contributed by atoms with Crippen LogP contribution in [0.25, 0.3) is 5.52 Å². The first kappa shape index (κ1) is 14.1. The Kier molecular flexibility index (Phi) is 3.71. The van der Waals surface area contributed by atoms with Crippen molar-refractivity contribution in [3.8, 4) is 0 Å². The highest BCUT2D eigenvalue weighted by Crippen LogP contribution is 2.29. The molecule has 0 saturated carbocycles. The van der Waals surface area contributed by atoms with Gasteiger partial charge in [-0.05, 0) is 28.8 Å². The first-order valence-electron chi connectivity index (χ1n) is 6.72. The summed E-state index contributed by atoms with van der Waals surface area (Å²) in [7, 11) is 1.43. The van der Waals surface area contributed by atoms with Crippen LogP contribution in [0.5, 0.6) is 0 Å². The lowest BCUT2D eigenvalue weighted by Crippen LogP contribution is -2.40. The van der Waals surface area contributed by atoms with Crippen molar-refractivity contribution in [1.82, 2.24) is 14.4 Å². The molecule has 0 aliphatic carbocycles. The van der Waals surface area contributed by atoms with E-state index in [2.05, 4.69) is 30.8 Å². The van der Waals surface area contributed by atoms with Crippen LogP contribution in [0.15, 0.2) is 17.0 Å². The summed E-state index contributed by atoms with van der Waals surface area (Å²) < 4.78 is 7.40. The van der Waals surface area contributed by atoms with E-state index in [1.807, 2.05) is 10.6 Å². The number of carbonyl (C=O) groups is 1. The van der Waals surface area contributed by atoms with Gasteiger partial charge in [-0.3, -0.25) is 9.20 Å². The maximum atomic E-state index is 11.8. The van der Waals surface area contributed by atoms with Gasteiger partial charge in [0.1, 0.15) is 10.1 Å². The number of rotatable bonds is 2. The number of imidazole rings is 1. The van der Waals surface area contributed by atoms with Gasteiger partial charge in [-0.2, -0.15) is 0 Å². The molecule has 7 nitrogen and oxygen atoms in total. The molecular formula is C13H16BrN5O2. The van der Waals surface area contributed by atoms with Crippen LogP contribution in [-0.4, -0.2) is 40.5 Å². The van der Waals surface area contributed by atoms with E-state index in [-0.39, 0.29) is 11.9 Å². The molecule has 0 radical (unpaired) electrons. The van der Waals surface area contributed by atoms with E-state index in [0.29, 0.717) is 17.0 Å². The summed E-state index contributed by atoms with van der Waals surface area (Å²) in [4.78, 5) is 22.4. The molecule has 21 heavy (non-hydrogen) atoms. The van der Waals surface area contributed by atoms with Crippen LogP contribution in [0.3, 0.4) is 0 Å². The molecule has 8 heteroatoms. The second-order valence-electron chi connectivity index (χ2n) is 5.04. The number of esters is 1. The molecule has 112 valence electrons. The molecule has 1 aliphatic rings. The van der Waals surface area contributed by atoms with Gasteiger partial charge in [0.05, 0.1) is 13.0 Å². The van der Waals surface area contributed by atoms with Gasteiger partial charge in [0, 0.05) is 25.5 Å². The topological polar surface area (TPSA) is 85.8 Å². The van der Waals surface area contributed by atoms with Crippen molar-refractivity contribution in [3.05, 3.63) is 17.0 Å².